The van der Waals surface area contributed by atoms with Gasteiger partial charge in [0.05, 0.1) is 4.92 Å². The van der Waals surface area contributed by atoms with Gasteiger partial charge >= 0.3 is 5.69 Å². The van der Waals surface area contributed by atoms with E-state index in [-0.39, 0.29) is 17.2 Å². The summed E-state index contributed by atoms with van der Waals surface area (Å²) in [6.45, 7) is 0. The Morgan fingerprint density at radius 2 is 1.79 bits per heavy atom. The Hall–Kier alpha value is -2.70. The molecule has 2 aromatic rings. The summed E-state index contributed by atoms with van der Waals surface area (Å²) in [4.78, 5) is 10.1. The average molecular weight is 266 g/mol. The van der Waals surface area contributed by atoms with Crippen LogP contribution in [0.25, 0.3) is 0 Å². The highest BCUT2D eigenvalue weighted by atomic mass is 19.1. The predicted molar refractivity (Wildman–Crippen MR) is 63.9 cm³/mol. The Morgan fingerprint density at radius 1 is 1.16 bits per heavy atom. The van der Waals surface area contributed by atoms with Crippen LogP contribution in [0.2, 0.25) is 0 Å². The molecule has 5 nitrogen and oxygen atoms in total. The van der Waals surface area contributed by atoms with Crippen LogP contribution in [0, 0.1) is 21.7 Å². The number of hydrogen-bond donors (Lipinski definition) is 1. The van der Waals surface area contributed by atoms with Crippen LogP contribution >= 0.6 is 0 Å². The fourth-order valence-corrected chi connectivity index (χ4v) is 1.53. The summed E-state index contributed by atoms with van der Waals surface area (Å²) in [5, 5.41) is 10.9. The van der Waals surface area contributed by atoms with Gasteiger partial charge in [-0.15, -0.1) is 0 Å². The third-order valence-electron chi connectivity index (χ3n) is 2.28. The van der Waals surface area contributed by atoms with Crippen LogP contribution in [-0.2, 0) is 0 Å². The van der Waals surface area contributed by atoms with Gasteiger partial charge in [0.15, 0.2) is 0 Å². The van der Waals surface area contributed by atoms with Crippen LogP contribution in [0.15, 0.2) is 36.4 Å². The molecular formula is C12H8F2N2O3. The maximum atomic E-state index is 13.0. The van der Waals surface area contributed by atoms with E-state index in [0.29, 0.717) is 6.07 Å². The summed E-state index contributed by atoms with van der Waals surface area (Å²) in [6.07, 6.45) is 0. The first kappa shape index (κ1) is 12.7. The van der Waals surface area contributed by atoms with Gasteiger partial charge in [0, 0.05) is 18.2 Å². The van der Waals surface area contributed by atoms with Crippen LogP contribution < -0.4 is 10.5 Å². The van der Waals surface area contributed by atoms with Gasteiger partial charge in [-0.05, 0) is 12.1 Å². The molecule has 0 aliphatic rings. The lowest BCUT2D eigenvalue weighted by molar-refractivity contribution is -0.384. The largest absolute Gasteiger partial charge is 0.450 e. The van der Waals surface area contributed by atoms with Crippen molar-refractivity contribution in [2.75, 3.05) is 5.73 Å². The minimum atomic E-state index is -0.846. The maximum absolute atomic E-state index is 13.0. The first-order valence-corrected chi connectivity index (χ1v) is 5.14. The van der Waals surface area contributed by atoms with Crippen molar-refractivity contribution in [3.8, 4) is 11.5 Å². The zero-order chi connectivity index (χ0) is 14.0. The van der Waals surface area contributed by atoms with Crippen molar-refractivity contribution in [2.45, 2.75) is 0 Å². The molecule has 0 heterocycles. The van der Waals surface area contributed by atoms with E-state index in [4.69, 9.17) is 10.5 Å². The lowest BCUT2D eigenvalue weighted by Crippen LogP contribution is -1.98. The molecular weight excluding hydrogens is 258 g/mol. The summed E-state index contributed by atoms with van der Waals surface area (Å²) in [7, 11) is 0. The fraction of sp³-hybridized carbons (Fsp3) is 0. The van der Waals surface area contributed by atoms with E-state index in [1.165, 1.54) is 18.2 Å². The minimum Gasteiger partial charge on any atom is -0.450 e. The van der Waals surface area contributed by atoms with Crippen molar-refractivity contribution >= 4 is 11.4 Å². The molecule has 7 heteroatoms. The quantitative estimate of drug-likeness (QED) is 0.525. The lowest BCUT2D eigenvalue weighted by Gasteiger charge is -2.07. The van der Waals surface area contributed by atoms with Gasteiger partial charge in [0.25, 0.3) is 0 Å². The first-order chi connectivity index (χ1) is 8.97. The van der Waals surface area contributed by atoms with Crippen molar-refractivity contribution in [1.29, 1.82) is 0 Å². The number of nitro groups is 1. The molecule has 2 aromatic carbocycles. The molecule has 0 spiro atoms. The lowest BCUT2D eigenvalue weighted by atomic mass is 10.2. The van der Waals surface area contributed by atoms with Gasteiger partial charge in [-0.3, -0.25) is 10.1 Å². The second kappa shape index (κ2) is 4.89. The molecule has 2 N–H and O–H groups in total. The summed E-state index contributed by atoms with van der Waals surface area (Å²) in [5.41, 5.74) is 4.92. The van der Waals surface area contributed by atoms with Crippen molar-refractivity contribution in [1.82, 2.24) is 0 Å². The van der Waals surface area contributed by atoms with Crippen LogP contribution in [0.4, 0.5) is 20.2 Å². The summed E-state index contributed by atoms with van der Waals surface area (Å²) < 4.78 is 31.1. The van der Waals surface area contributed by atoms with Crippen molar-refractivity contribution in [3.05, 3.63) is 58.1 Å². The van der Waals surface area contributed by atoms with Crippen LogP contribution in [0.3, 0.4) is 0 Å². The monoisotopic (exact) mass is 266 g/mol. The Kier molecular flexibility index (Phi) is 3.28. The Labute approximate surface area is 106 Å². The van der Waals surface area contributed by atoms with Crippen LogP contribution in [-0.4, -0.2) is 4.92 Å². The molecule has 0 saturated carbocycles. The van der Waals surface area contributed by atoms with E-state index < -0.39 is 22.2 Å². The summed E-state index contributed by atoms with van der Waals surface area (Å²) >= 11 is 0. The second-order valence-corrected chi connectivity index (χ2v) is 3.66. The normalized spacial score (nSPS) is 10.2. The summed E-state index contributed by atoms with van der Waals surface area (Å²) in [6, 6.07) is 6.55. The highest BCUT2D eigenvalue weighted by molar-refractivity contribution is 5.66. The van der Waals surface area contributed by atoms with Gasteiger partial charge in [-0.25, -0.2) is 8.78 Å². The van der Waals surface area contributed by atoms with Crippen molar-refractivity contribution in [2.24, 2.45) is 0 Å². The molecule has 0 bridgehead atoms. The topological polar surface area (TPSA) is 78.4 Å². The standard InChI is InChI=1S/C12H8F2N2O3/c13-7-4-8(14)6-9(5-7)19-11-3-1-2-10(15)12(11)16(17)18/h1-6H,15H2. The van der Waals surface area contributed by atoms with E-state index in [1.807, 2.05) is 0 Å². The number of hydrogen-bond acceptors (Lipinski definition) is 4. The predicted octanol–water partition coefficient (Wildman–Crippen LogP) is 3.25. The second-order valence-electron chi connectivity index (χ2n) is 3.66. The molecule has 2 rings (SSSR count). The zero-order valence-electron chi connectivity index (χ0n) is 9.47. The number of rotatable bonds is 3. The van der Waals surface area contributed by atoms with Gasteiger partial charge < -0.3 is 10.5 Å². The number of nitro benzene ring substituents is 1. The number of nitrogens with zero attached hydrogens (tertiary/aromatic N) is 1. The minimum absolute atomic E-state index is 0.0978. The number of anilines is 1. The smallest absolute Gasteiger partial charge is 0.334 e. The van der Waals surface area contributed by atoms with Crippen molar-refractivity contribution in [3.63, 3.8) is 0 Å². The molecule has 0 unspecified atom stereocenters. The number of nitrogen functional groups attached to an aromatic ring is 1. The zero-order valence-corrected chi connectivity index (χ0v) is 9.47. The van der Waals surface area contributed by atoms with E-state index >= 15 is 0 Å². The van der Waals surface area contributed by atoms with Gasteiger partial charge in [-0.2, -0.15) is 0 Å². The number of halogens is 2. The Morgan fingerprint density at radius 3 is 2.37 bits per heavy atom. The molecule has 0 saturated heterocycles. The molecule has 0 amide bonds. The molecule has 0 radical (unpaired) electrons. The molecule has 0 aromatic heterocycles. The molecule has 98 valence electrons. The van der Waals surface area contributed by atoms with Gasteiger partial charge in [-0.1, -0.05) is 6.07 Å². The third kappa shape index (κ3) is 2.76. The van der Waals surface area contributed by atoms with Crippen molar-refractivity contribution < 1.29 is 18.4 Å². The maximum Gasteiger partial charge on any atom is 0.334 e. The highest BCUT2D eigenvalue weighted by Crippen LogP contribution is 2.35. The van der Waals surface area contributed by atoms with Gasteiger partial charge in [0.2, 0.25) is 5.75 Å². The first-order valence-electron chi connectivity index (χ1n) is 5.14. The summed E-state index contributed by atoms with van der Waals surface area (Å²) in [5.74, 6) is -2.07. The average Bonchev–Trinajstić information content (AvgIpc) is 2.26. The molecule has 0 fully saturated rings. The van der Waals surface area contributed by atoms with E-state index in [0.717, 1.165) is 12.1 Å². The third-order valence-corrected chi connectivity index (χ3v) is 2.28. The number of nitrogens with two attached hydrogens (primary N) is 1. The molecule has 19 heavy (non-hydrogen) atoms. The van der Waals surface area contributed by atoms with E-state index in [9.17, 15) is 18.9 Å². The van der Waals surface area contributed by atoms with Crippen LogP contribution in [0.1, 0.15) is 0 Å². The molecule has 0 aliphatic carbocycles. The SMILES string of the molecule is Nc1cccc(Oc2cc(F)cc(F)c2)c1[N+](=O)[O-]. The fourth-order valence-electron chi connectivity index (χ4n) is 1.53. The molecule has 0 aliphatic heterocycles. The highest BCUT2D eigenvalue weighted by Gasteiger charge is 2.20. The number of para-hydroxylation sites is 1. The Bertz CT molecular complexity index is 627. The van der Waals surface area contributed by atoms with E-state index in [2.05, 4.69) is 0 Å². The van der Waals surface area contributed by atoms with Crippen LogP contribution in [0.5, 0.6) is 11.5 Å². The Balaban J connectivity index is 2.43. The number of ether oxygens (including phenoxy) is 1. The van der Waals surface area contributed by atoms with Gasteiger partial charge in [0.1, 0.15) is 23.1 Å². The van der Waals surface area contributed by atoms with E-state index in [1.54, 1.807) is 0 Å². The molecule has 0 atom stereocenters. The number of benzene rings is 2.